The third kappa shape index (κ3) is 3.92. The number of nitrogens with one attached hydrogen (secondary N) is 1. The van der Waals surface area contributed by atoms with Gasteiger partial charge in [-0.3, -0.25) is 9.59 Å². The van der Waals surface area contributed by atoms with E-state index in [1.165, 1.54) is 0 Å². The average Bonchev–Trinajstić information content (AvgIpc) is 2.68. The fraction of sp³-hybridized carbons (Fsp3) is 0.182. The Kier molecular flexibility index (Phi) is 5.41. The number of carbonyl (C=O) groups excluding carboxylic acids is 2. The van der Waals surface area contributed by atoms with Crippen LogP contribution in [0.5, 0.6) is 5.75 Å². The summed E-state index contributed by atoms with van der Waals surface area (Å²) in [5.41, 5.74) is 1.21. The molecule has 0 unspecified atom stereocenters. The summed E-state index contributed by atoms with van der Waals surface area (Å²) in [5, 5.41) is 14.7. The molecule has 0 aliphatic rings. The molecule has 3 rings (SSSR count). The van der Waals surface area contributed by atoms with Gasteiger partial charge in [0.2, 0.25) is 0 Å². The van der Waals surface area contributed by atoms with E-state index in [0.29, 0.717) is 24.3 Å². The van der Waals surface area contributed by atoms with Crippen molar-refractivity contribution in [3.63, 3.8) is 0 Å². The summed E-state index contributed by atoms with van der Waals surface area (Å²) in [5.74, 6) is -0.586. The summed E-state index contributed by atoms with van der Waals surface area (Å²) in [6, 6.07) is 17.6. The van der Waals surface area contributed by atoms with Gasteiger partial charge >= 0.3 is 0 Å². The van der Waals surface area contributed by atoms with E-state index in [1.54, 1.807) is 41.3 Å². The molecular formula is C22H22N2O3. The van der Waals surface area contributed by atoms with Crippen LogP contribution in [0.2, 0.25) is 0 Å². The minimum absolute atomic E-state index is 0.0790. The molecule has 0 aromatic heterocycles. The van der Waals surface area contributed by atoms with Crippen molar-refractivity contribution in [3.8, 4) is 5.75 Å². The largest absolute Gasteiger partial charge is 0.507 e. The van der Waals surface area contributed by atoms with Crippen molar-refractivity contribution in [2.75, 3.05) is 18.4 Å². The van der Waals surface area contributed by atoms with Gasteiger partial charge in [-0.05, 0) is 55.0 Å². The molecule has 0 heterocycles. The van der Waals surface area contributed by atoms with Crippen LogP contribution in [0.3, 0.4) is 0 Å². The molecule has 0 radical (unpaired) electrons. The summed E-state index contributed by atoms with van der Waals surface area (Å²) in [6.45, 7) is 5.10. The Morgan fingerprint density at radius 3 is 2.26 bits per heavy atom. The lowest BCUT2D eigenvalue weighted by molar-refractivity contribution is 0.0772. The lowest BCUT2D eigenvalue weighted by atomic mass is 10.1. The first-order valence-corrected chi connectivity index (χ1v) is 8.96. The molecule has 2 amide bonds. The van der Waals surface area contributed by atoms with Crippen LogP contribution in [-0.4, -0.2) is 34.9 Å². The van der Waals surface area contributed by atoms with Crippen molar-refractivity contribution in [1.82, 2.24) is 4.90 Å². The smallest absolute Gasteiger partial charge is 0.259 e. The summed E-state index contributed by atoms with van der Waals surface area (Å²) in [7, 11) is 0. The Hall–Kier alpha value is -3.34. The van der Waals surface area contributed by atoms with E-state index in [-0.39, 0.29) is 17.2 Å². The Morgan fingerprint density at radius 2 is 1.59 bits per heavy atom. The standard InChI is InChI=1S/C22H22N2O3/c1-3-24(4-2)22(27)17-10-7-11-18(12-17)23-21(26)19-13-15-8-5-6-9-16(15)14-20(19)25/h5-14,25H,3-4H2,1-2H3,(H,23,26). The third-order valence-corrected chi connectivity index (χ3v) is 4.53. The second kappa shape index (κ2) is 7.91. The molecule has 0 spiro atoms. The summed E-state index contributed by atoms with van der Waals surface area (Å²) >= 11 is 0. The maximum absolute atomic E-state index is 12.6. The highest BCUT2D eigenvalue weighted by Crippen LogP contribution is 2.26. The van der Waals surface area contributed by atoms with Crippen molar-refractivity contribution in [3.05, 3.63) is 71.8 Å². The predicted octanol–water partition coefficient (Wildman–Crippen LogP) is 4.28. The lowest BCUT2D eigenvalue weighted by Crippen LogP contribution is -2.30. The number of anilines is 1. The van der Waals surface area contributed by atoms with Crippen LogP contribution in [0, 0.1) is 0 Å². The Morgan fingerprint density at radius 1 is 0.926 bits per heavy atom. The van der Waals surface area contributed by atoms with E-state index in [9.17, 15) is 14.7 Å². The molecule has 138 valence electrons. The quantitative estimate of drug-likeness (QED) is 0.712. The second-order valence-electron chi connectivity index (χ2n) is 6.23. The van der Waals surface area contributed by atoms with Crippen LogP contribution in [0.1, 0.15) is 34.6 Å². The van der Waals surface area contributed by atoms with E-state index >= 15 is 0 Å². The van der Waals surface area contributed by atoms with Crippen LogP contribution in [-0.2, 0) is 0 Å². The molecule has 0 bridgehead atoms. The first-order valence-electron chi connectivity index (χ1n) is 8.96. The molecular weight excluding hydrogens is 340 g/mol. The van der Waals surface area contributed by atoms with E-state index in [4.69, 9.17) is 0 Å². The topological polar surface area (TPSA) is 69.6 Å². The first kappa shape index (κ1) is 18.5. The van der Waals surface area contributed by atoms with Crippen LogP contribution in [0.4, 0.5) is 5.69 Å². The van der Waals surface area contributed by atoms with Crippen molar-refractivity contribution in [1.29, 1.82) is 0 Å². The SMILES string of the molecule is CCN(CC)C(=O)c1cccc(NC(=O)c2cc3ccccc3cc2O)c1. The fourth-order valence-electron chi connectivity index (χ4n) is 3.03. The van der Waals surface area contributed by atoms with Crippen LogP contribution < -0.4 is 5.32 Å². The first-order chi connectivity index (χ1) is 13.0. The van der Waals surface area contributed by atoms with Crippen LogP contribution in [0.25, 0.3) is 10.8 Å². The number of fused-ring (bicyclic) bond motifs is 1. The van der Waals surface area contributed by atoms with Crippen molar-refractivity contribution in [2.24, 2.45) is 0 Å². The average molecular weight is 362 g/mol. The normalized spacial score (nSPS) is 10.6. The molecule has 3 aromatic carbocycles. The predicted molar refractivity (Wildman–Crippen MR) is 107 cm³/mol. The number of phenols is 1. The Bertz CT molecular complexity index is 994. The number of phenolic OH excluding ortho intramolecular Hbond substituents is 1. The molecule has 27 heavy (non-hydrogen) atoms. The number of aromatic hydroxyl groups is 1. The molecule has 5 nitrogen and oxygen atoms in total. The van der Waals surface area contributed by atoms with Crippen LogP contribution in [0.15, 0.2) is 60.7 Å². The molecule has 2 N–H and O–H groups in total. The van der Waals surface area contributed by atoms with Gasteiger partial charge in [-0.15, -0.1) is 0 Å². The van der Waals surface area contributed by atoms with Crippen molar-refractivity contribution < 1.29 is 14.7 Å². The maximum atomic E-state index is 12.6. The zero-order valence-electron chi connectivity index (χ0n) is 15.4. The van der Waals surface area contributed by atoms with Crippen molar-refractivity contribution in [2.45, 2.75) is 13.8 Å². The lowest BCUT2D eigenvalue weighted by Gasteiger charge is -2.19. The number of rotatable bonds is 5. The van der Waals surface area contributed by atoms with Gasteiger partial charge in [0.1, 0.15) is 5.75 Å². The molecule has 0 atom stereocenters. The molecule has 3 aromatic rings. The second-order valence-corrected chi connectivity index (χ2v) is 6.23. The number of carbonyl (C=O) groups is 2. The number of hydrogen-bond donors (Lipinski definition) is 2. The van der Waals surface area contributed by atoms with Gasteiger partial charge < -0.3 is 15.3 Å². The highest BCUT2D eigenvalue weighted by molar-refractivity contribution is 6.09. The van der Waals surface area contributed by atoms with E-state index in [2.05, 4.69) is 5.32 Å². The highest BCUT2D eigenvalue weighted by atomic mass is 16.3. The minimum Gasteiger partial charge on any atom is -0.507 e. The minimum atomic E-state index is -0.425. The van der Waals surface area contributed by atoms with Gasteiger partial charge in [0.15, 0.2) is 0 Å². The van der Waals surface area contributed by atoms with Gasteiger partial charge in [-0.1, -0.05) is 30.3 Å². The van der Waals surface area contributed by atoms with Gasteiger partial charge in [0, 0.05) is 24.3 Å². The summed E-state index contributed by atoms with van der Waals surface area (Å²) in [4.78, 5) is 26.8. The van der Waals surface area contributed by atoms with Crippen LogP contribution >= 0.6 is 0 Å². The van der Waals surface area contributed by atoms with E-state index < -0.39 is 5.91 Å². The Balaban J connectivity index is 1.85. The monoisotopic (exact) mass is 362 g/mol. The van der Waals surface area contributed by atoms with Gasteiger partial charge in [-0.2, -0.15) is 0 Å². The van der Waals surface area contributed by atoms with Gasteiger partial charge in [0.25, 0.3) is 11.8 Å². The van der Waals surface area contributed by atoms with E-state index in [1.807, 2.05) is 38.1 Å². The molecule has 0 aliphatic heterocycles. The Labute approximate surface area is 158 Å². The number of amides is 2. The zero-order valence-corrected chi connectivity index (χ0v) is 15.4. The molecule has 0 saturated heterocycles. The number of nitrogens with zero attached hydrogens (tertiary/aromatic N) is 1. The van der Waals surface area contributed by atoms with Gasteiger partial charge in [0.05, 0.1) is 5.56 Å². The highest BCUT2D eigenvalue weighted by Gasteiger charge is 2.15. The van der Waals surface area contributed by atoms with Crippen molar-refractivity contribution >= 4 is 28.3 Å². The maximum Gasteiger partial charge on any atom is 0.259 e. The summed E-state index contributed by atoms with van der Waals surface area (Å²) < 4.78 is 0. The number of benzene rings is 3. The molecule has 0 fully saturated rings. The van der Waals surface area contributed by atoms with Gasteiger partial charge in [-0.25, -0.2) is 0 Å². The van der Waals surface area contributed by atoms with E-state index in [0.717, 1.165) is 10.8 Å². The zero-order chi connectivity index (χ0) is 19.4. The molecule has 0 aliphatic carbocycles. The third-order valence-electron chi connectivity index (χ3n) is 4.53. The fourth-order valence-corrected chi connectivity index (χ4v) is 3.03. The molecule has 5 heteroatoms. The molecule has 0 saturated carbocycles. The number of hydrogen-bond acceptors (Lipinski definition) is 3. The summed E-state index contributed by atoms with van der Waals surface area (Å²) in [6.07, 6.45) is 0.